The van der Waals surface area contributed by atoms with Crippen LogP contribution in [0.25, 0.3) is 0 Å². The van der Waals surface area contributed by atoms with E-state index in [0.717, 1.165) is 12.1 Å². The highest BCUT2D eigenvalue weighted by molar-refractivity contribution is 5.23. The Kier molecular flexibility index (Phi) is 2.96. The first-order valence-electron chi connectivity index (χ1n) is 3.93. The Morgan fingerprint density at radius 2 is 1.93 bits per heavy atom. The summed E-state index contributed by atoms with van der Waals surface area (Å²) in [6.45, 7) is 2.88. The first kappa shape index (κ1) is 10.8. The molecule has 76 valence electrons. The van der Waals surface area contributed by atoms with Gasteiger partial charge in [0.05, 0.1) is 0 Å². The topological polar surface area (TPSA) is 20.2 Å². The summed E-state index contributed by atoms with van der Waals surface area (Å²) in [6, 6.07) is 4.85. The van der Waals surface area contributed by atoms with Crippen LogP contribution in [0.4, 0.5) is 13.2 Å². The lowest BCUT2D eigenvalue weighted by Gasteiger charge is -2.19. The average Bonchev–Trinajstić information content (AvgIpc) is 2.17. The van der Waals surface area contributed by atoms with E-state index in [1.54, 1.807) is 0 Å². The third-order valence-corrected chi connectivity index (χ3v) is 1.84. The molecule has 0 bridgehead atoms. The molecule has 0 aliphatic rings. The molecule has 0 saturated carbocycles. The van der Waals surface area contributed by atoms with Gasteiger partial charge in [-0.2, -0.15) is 8.78 Å². The molecule has 1 rings (SSSR count). The first-order valence-corrected chi connectivity index (χ1v) is 3.93. The summed E-state index contributed by atoms with van der Waals surface area (Å²) in [4.78, 5) is 0. The molecule has 1 nitrogen and oxygen atoms in total. The molecule has 14 heavy (non-hydrogen) atoms. The summed E-state index contributed by atoms with van der Waals surface area (Å²) in [5, 5.41) is 9.17. The van der Waals surface area contributed by atoms with Crippen LogP contribution in [0.5, 0.6) is 0 Å². The van der Waals surface area contributed by atoms with Crippen LogP contribution >= 0.6 is 0 Å². The maximum Gasteiger partial charge on any atom is 0.295 e. The number of benzene rings is 1. The minimum atomic E-state index is -3.53. The van der Waals surface area contributed by atoms with Gasteiger partial charge < -0.3 is 5.11 Å². The van der Waals surface area contributed by atoms with Crippen molar-refractivity contribution >= 4 is 0 Å². The van der Waals surface area contributed by atoms with Gasteiger partial charge in [-0.15, -0.1) is 0 Å². The number of rotatable bonds is 3. The van der Waals surface area contributed by atoms with Crippen molar-refractivity contribution in [2.75, 3.05) is 0 Å². The van der Waals surface area contributed by atoms with Gasteiger partial charge in [0.25, 0.3) is 5.92 Å². The molecule has 4 heteroatoms. The zero-order valence-electron chi connectivity index (χ0n) is 7.25. The molecule has 0 fully saturated rings. The van der Waals surface area contributed by atoms with Crippen LogP contribution in [0, 0.1) is 5.82 Å². The molecule has 1 aromatic rings. The molecule has 0 aliphatic heterocycles. The van der Waals surface area contributed by atoms with Crippen LogP contribution in [0.3, 0.4) is 0 Å². The van der Waals surface area contributed by atoms with Crippen LogP contribution in [0.1, 0.15) is 11.7 Å². The highest BCUT2D eigenvalue weighted by atomic mass is 19.3. The fraction of sp³-hybridized carbons (Fsp3) is 0.200. The summed E-state index contributed by atoms with van der Waals surface area (Å²) in [5.74, 6) is -4.39. The minimum absolute atomic E-state index is 0.296. The van der Waals surface area contributed by atoms with Gasteiger partial charge in [-0.25, -0.2) is 4.39 Å². The molecule has 0 heterocycles. The van der Waals surface area contributed by atoms with Gasteiger partial charge >= 0.3 is 0 Å². The second-order valence-corrected chi connectivity index (χ2v) is 2.80. The second kappa shape index (κ2) is 3.84. The van der Waals surface area contributed by atoms with E-state index in [1.807, 2.05) is 0 Å². The highest BCUT2D eigenvalue weighted by Crippen LogP contribution is 2.33. The van der Waals surface area contributed by atoms with Gasteiger partial charge in [-0.3, -0.25) is 0 Å². The zero-order chi connectivity index (χ0) is 10.8. The van der Waals surface area contributed by atoms with Crippen LogP contribution in [-0.2, 0) is 0 Å². The van der Waals surface area contributed by atoms with E-state index in [1.165, 1.54) is 12.1 Å². The Balaban J connectivity index is 3.06. The van der Waals surface area contributed by atoms with Gasteiger partial charge in [0.2, 0.25) is 0 Å². The number of hydrogen-bond acceptors (Lipinski definition) is 1. The van der Waals surface area contributed by atoms with Gasteiger partial charge in [0.1, 0.15) is 11.9 Å². The summed E-state index contributed by atoms with van der Waals surface area (Å²) in [6.07, 6.45) is -1.90. The van der Waals surface area contributed by atoms with Crippen molar-refractivity contribution in [2.45, 2.75) is 12.0 Å². The Morgan fingerprint density at radius 3 is 2.43 bits per heavy atom. The number of alkyl halides is 2. The van der Waals surface area contributed by atoms with Crippen molar-refractivity contribution in [1.29, 1.82) is 0 Å². The maximum absolute atomic E-state index is 13.0. The fourth-order valence-corrected chi connectivity index (χ4v) is 1.02. The van der Waals surface area contributed by atoms with Gasteiger partial charge in [-0.05, 0) is 12.1 Å². The van der Waals surface area contributed by atoms with Gasteiger partial charge in [0, 0.05) is 5.56 Å². The SMILES string of the molecule is C=CC(F)(F)C(O)c1ccccc1F. The summed E-state index contributed by atoms with van der Waals surface area (Å²) in [5.41, 5.74) is -0.433. The van der Waals surface area contributed by atoms with Crippen molar-refractivity contribution in [3.05, 3.63) is 48.3 Å². The zero-order valence-corrected chi connectivity index (χ0v) is 7.25. The third-order valence-electron chi connectivity index (χ3n) is 1.84. The van der Waals surface area contributed by atoms with E-state index in [9.17, 15) is 13.2 Å². The third kappa shape index (κ3) is 1.96. The monoisotopic (exact) mass is 202 g/mol. The van der Waals surface area contributed by atoms with Crippen molar-refractivity contribution in [2.24, 2.45) is 0 Å². The Morgan fingerprint density at radius 1 is 1.36 bits per heavy atom. The van der Waals surface area contributed by atoms with E-state index < -0.39 is 23.4 Å². The van der Waals surface area contributed by atoms with Crippen molar-refractivity contribution in [3.8, 4) is 0 Å². The fourth-order valence-electron chi connectivity index (χ4n) is 1.02. The lowest BCUT2D eigenvalue weighted by Crippen LogP contribution is -2.24. The molecule has 0 saturated heterocycles. The predicted octanol–water partition coefficient (Wildman–Crippen LogP) is 2.68. The number of halogens is 3. The maximum atomic E-state index is 13.0. The molecular formula is C10H9F3O. The smallest absolute Gasteiger partial charge is 0.295 e. The van der Waals surface area contributed by atoms with Crippen molar-refractivity contribution < 1.29 is 18.3 Å². The predicted molar refractivity (Wildman–Crippen MR) is 46.5 cm³/mol. The van der Waals surface area contributed by atoms with Crippen LogP contribution < -0.4 is 0 Å². The minimum Gasteiger partial charge on any atom is -0.382 e. The Hall–Kier alpha value is -1.29. The quantitative estimate of drug-likeness (QED) is 0.747. The van der Waals surface area contributed by atoms with E-state index in [2.05, 4.69) is 6.58 Å². The lowest BCUT2D eigenvalue weighted by molar-refractivity contribution is -0.0727. The van der Waals surface area contributed by atoms with Crippen molar-refractivity contribution in [1.82, 2.24) is 0 Å². The second-order valence-electron chi connectivity index (χ2n) is 2.80. The summed E-state index contributed by atoms with van der Waals surface area (Å²) in [7, 11) is 0. The molecule has 1 unspecified atom stereocenters. The van der Waals surface area contributed by atoms with E-state index in [4.69, 9.17) is 5.11 Å². The molecule has 1 atom stereocenters. The molecule has 0 spiro atoms. The highest BCUT2D eigenvalue weighted by Gasteiger charge is 2.37. The molecule has 0 amide bonds. The summed E-state index contributed by atoms with van der Waals surface area (Å²) < 4.78 is 38.7. The molecule has 0 aliphatic carbocycles. The van der Waals surface area contributed by atoms with Crippen LogP contribution in [0.2, 0.25) is 0 Å². The Bertz CT molecular complexity index is 336. The van der Waals surface area contributed by atoms with Gasteiger partial charge in [0.15, 0.2) is 0 Å². The normalized spacial score (nSPS) is 13.7. The molecule has 0 aromatic heterocycles. The Labute approximate surface area is 79.5 Å². The number of hydrogen-bond donors (Lipinski definition) is 1. The summed E-state index contributed by atoms with van der Waals surface area (Å²) >= 11 is 0. The molecule has 0 radical (unpaired) electrons. The van der Waals surface area contributed by atoms with Crippen LogP contribution in [-0.4, -0.2) is 11.0 Å². The number of aliphatic hydroxyl groups excluding tert-OH is 1. The largest absolute Gasteiger partial charge is 0.382 e. The lowest BCUT2D eigenvalue weighted by atomic mass is 10.0. The molecule has 1 N–H and O–H groups in total. The van der Waals surface area contributed by atoms with Crippen molar-refractivity contribution in [3.63, 3.8) is 0 Å². The standard InChI is InChI=1S/C10H9F3O/c1-2-10(12,13)9(14)7-5-3-4-6-8(7)11/h2-6,9,14H,1H2. The van der Waals surface area contributed by atoms with Crippen LogP contribution in [0.15, 0.2) is 36.9 Å². The van der Waals surface area contributed by atoms with E-state index >= 15 is 0 Å². The molecular weight excluding hydrogens is 193 g/mol. The number of aliphatic hydroxyl groups is 1. The van der Waals surface area contributed by atoms with E-state index in [0.29, 0.717) is 6.08 Å². The molecule has 1 aromatic carbocycles. The average molecular weight is 202 g/mol. The first-order chi connectivity index (χ1) is 6.49. The van der Waals surface area contributed by atoms with Gasteiger partial charge in [-0.1, -0.05) is 24.8 Å². The van der Waals surface area contributed by atoms with E-state index in [-0.39, 0.29) is 0 Å².